The second-order valence-electron chi connectivity index (χ2n) is 9.52. The average molecular weight is 647 g/mol. The predicted octanol–water partition coefficient (Wildman–Crippen LogP) is 1.19. The van der Waals surface area contributed by atoms with Gasteiger partial charge in [0.05, 0.1) is 17.5 Å². The van der Waals surface area contributed by atoms with Crippen molar-refractivity contribution < 1.29 is 32.7 Å². The minimum Gasteiger partial charge on any atom is -0.483 e. The van der Waals surface area contributed by atoms with Gasteiger partial charge in [-0.15, -0.1) is 0 Å². The van der Waals surface area contributed by atoms with Crippen LogP contribution in [0.25, 0.3) is 16.9 Å². The molecule has 16 nitrogen and oxygen atoms in total. The minimum absolute atomic E-state index is 0.0327. The molecule has 1 atom stereocenters. The van der Waals surface area contributed by atoms with Gasteiger partial charge in [0, 0.05) is 49.5 Å². The van der Waals surface area contributed by atoms with Crippen molar-refractivity contribution in [3.63, 3.8) is 0 Å². The molecule has 0 spiro atoms. The number of carbonyl (C=O) groups is 3. The summed E-state index contributed by atoms with van der Waals surface area (Å²) in [6, 6.07) is 4.28. The smallest absolute Gasteiger partial charge is 0.435 e. The highest BCUT2D eigenvalue weighted by atomic mass is 19.4. The first-order valence-electron chi connectivity index (χ1n) is 13.7. The van der Waals surface area contributed by atoms with Crippen molar-refractivity contribution in [2.45, 2.75) is 32.0 Å². The summed E-state index contributed by atoms with van der Waals surface area (Å²) >= 11 is 0. The number of aromatic amines is 1. The van der Waals surface area contributed by atoms with Gasteiger partial charge in [-0.2, -0.15) is 18.3 Å². The Morgan fingerprint density at radius 3 is 2.59 bits per heavy atom. The second kappa shape index (κ2) is 15.8. The van der Waals surface area contributed by atoms with E-state index in [9.17, 15) is 22.8 Å². The van der Waals surface area contributed by atoms with Gasteiger partial charge in [-0.05, 0) is 36.6 Å². The molecule has 11 N–H and O–H groups in total. The van der Waals surface area contributed by atoms with Gasteiger partial charge in [-0.25, -0.2) is 9.97 Å². The number of rotatable bonds is 12. The molecule has 3 aromatic heterocycles. The van der Waals surface area contributed by atoms with E-state index in [1.165, 1.54) is 29.2 Å². The molecule has 3 heterocycles. The fraction of sp³-hybridized carbons (Fsp3) is 0.296. The molecule has 1 aromatic carbocycles. The summed E-state index contributed by atoms with van der Waals surface area (Å²) in [6.07, 6.45) is 1.81. The van der Waals surface area contributed by atoms with Gasteiger partial charge in [0.2, 0.25) is 5.91 Å². The molecule has 246 valence electrons. The number of carboxylic acid groups (broad SMARTS) is 1. The van der Waals surface area contributed by atoms with Gasteiger partial charge in [0.25, 0.3) is 12.4 Å². The van der Waals surface area contributed by atoms with E-state index in [1.807, 2.05) is 6.92 Å². The first-order chi connectivity index (χ1) is 21.9. The number of benzene rings is 1. The third-order valence-corrected chi connectivity index (χ3v) is 6.39. The maximum atomic E-state index is 13.4. The number of aromatic nitrogens is 5. The first kappa shape index (κ1) is 34.8. The molecule has 0 fully saturated rings. The summed E-state index contributed by atoms with van der Waals surface area (Å²) < 4.78 is 41.7. The molecular weight excluding hydrogens is 613 g/mol. The van der Waals surface area contributed by atoms with E-state index in [1.54, 1.807) is 18.2 Å². The highest BCUT2D eigenvalue weighted by molar-refractivity contribution is 5.96. The lowest BCUT2D eigenvalue weighted by atomic mass is 10.0. The van der Waals surface area contributed by atoms with Crippen molar-refractivity contribution in [2.75, 3.05) is 25.0 Å². The zero-order valence-corrected chi connectivity index (χ0v) is 24.5. The first-order valence-corrected chi connectivity index (χ1v) is 13.7. The molecule has 0 bridgehead atoms. The van der Waals surface area contributed by atoms with Crippen molar-refractivity contribution >= 4 is 41.4 Å². The molecule has 0 aliphatic rings. The van der Waals surface area contributed by atoms with Crippen LogP contribution in [-0.4, -0.2) is 79.6 Å². The Bertz CT molecular complexity index is 1670. The maximum Gasteiger partial charge on any atom is 0.435 e. The zero-order chi connectivity index (χ0) is 33.9. The molecule has 1 unspecified atom stereocenters. The topological polar surface area (TPSA) is 254 Å². The average Bonchev–Trinajstić information content (AvgIpc) is 3.68. The Labute approximate surface area is 259 Å². The zero-order valence-electron chi connectivity index (χ0n) is 24.5. The van der Waals surface area contributed by atoms with E-state index >= 15 is 0 Å². The third-order valence-electron chi connectivity index (χ3n) is 6.39. The van der Waals surface area contributed by atoms with Crippen molar-refractivity contribution in [1.29, 1.82) is 5.41 Å². The Balaban J connectivity index is 0.00000185. The minimum atomic E-state index is -4.64. The van der Waals surface area contributed by atoms with Gasteiger partial charge in [-0.1, -0.05) is 6.92 Å². The van der Waals surface area contributed by atoms with Crippen LogP contribution in [0.5, 0.6) is 0 Å². The highest BCUT2D eigenvalue weighted by Gasteiger charge is 2.37. The van der Waals surface area contributed by atoms with Crippen LogP contribution in [0.4, 0.5) is 24.7 Å². The predicted molar refractivity (Wildman–Crippen MR) is 161 cm³/mol. The number of imidazole rings is 1. The molecular formula is C27H33F3N12O4. The van der Waals surface area contributed by atoms with E-state index in [0.29, 0.717) is 48.6 Å². The molecule has 4 rings (SSSR count). The Morgan fingerprint density at radius 1 is 1.20 bits per heavy atom. The van der Waals surface area contributed by atoms with E-state index in [2.05, 4.69) is 41.4 Å². The summed E-state index contributed by atoms with van der Waals surface area (Å²) in [5, 5.41) is 30.7. The van der Waals surface area contributed by atoms with Crippen LogP contribution >= 0.6 is 0 Å². The monoisotopic (exact) mass is 646 g/mol. The molecule has 0 saturated carbocycles. The van der Waals surface area contributed by atoms with E-state index < -0.39 is 23.8 Å². The SMILES string of the molecule is CCc1cc(Nc2nccn3c(-c4c[nH]nc4C(F)(F)F)cnc23)ccc1C(=O)NCCCNC(=O)C(N)CNC(=N)N.O=CO. The van der Waals surface area contributed by atoms with Crippen LogP contribution < -0.4 is 32.7 Å². The summed E-state index contributed by atoms with van der Waals surface area (Å²) in [6.45, 7) is 2.29. The van der Waals surface area contributed by atoms with Crippen LogP contribution in [0.15, 0.2) is 43.0 Å². The lowest BCUT2D eigenvalue weighted by molar-refractivity contribution is -0.140. The molecule has 0 saturated heterocycles. The molecule has 46 heavy (non-hydrogen) atoms. The number of nitrogens with zero attached hydrogens (tertiary/aromatic N) is 4. The van der Waals surface area contributed by atoms with Crippen LogP contribution in [0.1, 0.15) is 35.0 Å². The number of amides is 2. The number of H-pyrrole nitrogens is 1. The van der Waals surface area contributed by atoms with Gasteiger partial charge in [0.15, 0.2) is 23.1 Å². The van der Waals surface area contributed by atoms with E-state index in [0.717, 1.165) is 5.56 Å². The Hall–Kier alpha value is -5.72. The Morgan fingerprint density at radius 2 is 1.91 bits per heavy atom. The van der Waals surface area contributed by atoms with E-state index in [-0.39, 0.29) is 36.1 Å². The number of nitrogens with one attached hydrogen (secondary N) is 6. The lowest BCUT2D eigenvalue weighted by Gasteiger charge is -2.14. The van der Waals surface area contributed by atoms with Gasteiger partial charge in [0.1, 0.15) is 6.04 Å². The van der Waals surface area contributed by atoms with Crippen LogP contribution in [0.2, 0.25) is 0 Å². The molecule has 0 aliphatic heterocycles. The maximum absolute atomic E-state index is 13.4. The fourth-order valence-electron chi connectivity index (χ4n) is 4.27. The molecule has 2 amide bonds. The summed E-state index contributed by atoms with van der Waals surface area (Å²) in [4.78, 5) is 41.8. The van der Waals surface area contributed by atoms with Crippen molar-refractivity contribution in [2.24, 2.45) is 11.5 Å². The summed E-state index contributed by atoms with van der Waals surface area (Å²) in [7, 11) is 0. The molecule has 0 radical (unpaired) electrons. The van der Waals surface area contributed by atoms with Crippen molar-refractivity contribution in [3.05, 3.63) is 59.8 Å². The molecule has 0 aliphatic carbocycles. The van der Waals surface area contributed by atoms with Crippen molar-refractivity contribution in [1.82, 2.24) is 40.5 Å². The van der Waals surface area contributed by atoms with Crippen LogP contribution in [0.3, 0.4) is 0 Å². The normalized spacial score (nSPS) is 11.6. The standard InChI is InChI=1S/C26H31F3N12O2.CH2O2/c1-2-14-10-15(4-5-16(14)23(42)34-6-3-7-35-24(43)18(30)12-37-25(31)32)39-21-22-36-13-19(41(22)9-8-33-21)17-11-38-40-20(17)26(27,28)29;2-1-3/h4-5,8-11,13,18H,2-3,6-7,12,30H2,1H3,(H,33,39)(H,34,42)(H,35,43)(H,38,40)(H4,31,32,37);1H,(H,2,3). The number of anilines is 2. The number of fused-ring (bicyclic) bond motifs is 1. The number of hydrogen-bond acceptors (Lipinski definition) is 9. The summed E-state index contributed by atoms with van der Waals surface area (Å²) in [5.74, 6) is -0.653. The highest BCUT2D eigenvalue weighted by Crippen LogP contribution is 2.36. The number of guanidine groups is 1. The van der Waals surface area contributed by atoms with Gasteiger partial charge >= 0.3 is 6.18 Å². The second-order valence-corrected chi connectivity index (χ2v) is 9.52. The number of nitrogens with two attached hydrogens (primary N) is 2. The number of alkyl halides is 3. The number of aryl methyl sites for hydroxylation is 1. The fourth-order valence-corrected chi connectivity index (χ4v) is 4.27. The van der Waals surface area contributed by atoms with Gasteiger partial charge in [-0.3, -0.25) is 29.3 Å². The third kappa shape index (κ3) is 8.91. The quantitative estimate of drug-likeness (QED) is 0.0457. The van der Waals surface area contributed by atoms with Crippen LogP contribution in [0, 0.1) is 5.41 Å². The largest absolute Gasteiger partial charge is 0.483 e. The molecule has 4 aromatic rings. The van der Waals surface area contributed by atoms with Gasteiger partial charge < -0.3 is 37.8 Å². The summed E-state index contributed by atoms with van der Waals surface area (Å²) in [5.41, 5.74) is 12.0. The van der Waals surface area contributed by atoms with E-state index in [4.69, 9.17) is 26.8 Å². The lowest BCUT2D eigenvalue weighted by Crippen LogP contribution is -2.49. The number of carbonyl (C=O) groups excluding carboxylic acids is 2. The number of halogens is 3. The van der Waals surface area contributed by atoms with Crippen LogP contribution in [-0.2, 0) is 22.2 Å². The number of hydrogen-bond donors (Lipinski definition) is 9. The Kier molecular flexibility index (Phi) is 12.0. The van der Waals surface area contributed by atoms with Crippen molar-refractivity contribution in [3.8, 4) is 11.3 Å². The molecule has 19 heteroatoms.